The molecule has 15 heavy (non-hydrogen) atoms. The van der Waals surface area contributed by atoms with Crippen molar-refractivity contribution in [2.45, 2.75) is 58.3 Å². The van der Waals surface area contributed by atoms with Crippen molar-refractivity contribution in [3.63, 3.8) is 0 Å². The summed E-state index contributed by atoms with van der Waals surface area (Å²) in [6.45, 7) is 2.91. The fourth-order valence-corrected chi connectivity index (χ4v) is 1.40. The van der Waals surface area contributed by atoms with Gasteiger partial charge in [0, 0.05) is 19.4 Å². The number of unbranched alkanes of at least 4 members (excludes halogenated alkanes) is 5. The minimum absolute atomic E-state index is 0.170. The van der Waals surface area contributed by atoms with E-state index in [2.05, 4.69) is 18.2 Å². The maximum absolute atomic E-state index is 11.3. The molecule has 0 aliphatic rings. The third-order valence-corrected chi connectivity index (χ3v) is 2.33. The molecule has 0 aromatic rings. The van der Waals surface area contributed by atoms with E-state index >= 15 is 0 Å². The quantitative estimate of drug-likeness (QED) is 0.459. The molecule has 0 unspecified atom stereocenters. The Kier molecular flexibility index (Phi) is 10.4. The molecular formula is C13H23NO. The van der Waals surface area contributed by atoms with Gasteiger partial charge in [0.1, 0.15) is 0 Å². The topological polar surface area (TPSA) is 29.1 Å². The van der Waals surface area contributed by atoms with Crippen LogP contribution < -0.4 is 5.32 Å². The lowest BCUT2D eigenvalue weighted by Crippen LogP contribution is -2.23. The molecule has 2 heteroatoms. The Bertz CT molecular complexity index is 193. The van der Waals surface area contributed by atoms with Crippen molar-refractivity contribution in [2.24, 2.45) is 0 Å². The van der Waals surface area contributed by atoms with Crippen molar-refractivity contribution >= 4 is 5.91 Å². The second-order valence-electron chi connectivity index (χ2n) is 3.82. The van der Waals surface area contributed by atoms with Crippen LogP contribution in [0.1, 0.15) is 58.3 Å². The Morgan fingerprint density at radius 2 is 1.93 bits per heavy atom. The second-order valence-corrected chi connectivity index (χ2v) is 3.82. The Hall–Kier alpha value is -0.970. The van der Waals surface area contributed by atoms with E-state index in [0.717, 1.165) is 25.8 Å². The minimum atomic E-state index is 0.170. The molecule has 0 saturated heterocycles. The molecule has 0 bridgehead atoms. The molecule has 0 saturated carbocycles. The van der Waals surface area contributed by atoms with Crippen LogP contribution >= 0.6 is 0 Å². The van der Waals surface area contributed by atoms with Gasteiger partial charge in [0.2, 0.25) is 5.91 Å². The molecule has 0 aromatic carbocycles. The van der Waals surface area contributed by atoms with E-state index in [0.29, 0.717) is 6.42 Å². The highest BCUT2D eigenvalue weighted by Gasteiger charge is 1.99. The predicted molar refractivity (Wildman–Crippen MR) is 64.5 cm³/mol. The predicted octanol–water partition coefficient (Wildman–Crippen LogP) is 2.88. The summed E-state index contributed by atoms with van der Waals surface area (Å²) in [5, 5.41) is 2.87. The number of nitrogens with one attached hydrogen (secondary N) is 1. The lowest BCUT2D eigenvalue weighted by atomic mass is 10.1. The molecule has 0 atom stereocenters. The van der Waals surface area contributed by atoms with Crippen LogP contribution in [-0.2, 0) is 4.79 Å². The monoisotopic (exact) mass is 209 g/mol. The third kappa shape index (κ3) is 11.0. The van der Waals surface area contributed by atoms with E-state index in [1.807, 2.05) is 0 Å². The molecule has 1 N–H and O–H groups in total. The highest BCUT2D eigenvalue weighted by atomic mass is 16.1. The van der Waals surface area contributed by atoms with Gasteiger partial charge in [0.15, 0.2) is 0 Å². The largest absolute Gasteiger partial charge is 0.356 e. The number of terminal acetylenes is 1. The summed E-state index contributed by atoms with van der Waals surface area (Å²) in [5.74, 6) is 2.73. The van der Waals surface area contributed by atoms with Crippen LogP contribution in [0, 0.1) is 12.3 Å². The van der Waals surface area contributed by atoms with Gasteiger partial charge in [-0.05, 0) is 12.8 Å². The Balaban J connectivity index is 3.16. The molecule has 0 heterocycles. The first kappa shape index (κ1) is 14.0. The van der Waals surface area contributed by atoms with Crippen LogP contribution in [0.3, 0.4) is 0 Å². The summed E-state index contributed by atoms with van der Waals surface area (Å²) >= 11 is 0. The maximum Gasteiger partial charge on any atom is 0.219 e. The smallest absolute Gasteiger partial charge is 0.219 e. The molecular weight excluding hydrogens is 186 g/mol. The zero-order valence-corrected chi connectivity index (χ0v) is 9.85. The maximum atomic E-state index is 11.3. The van der Waals surface area contributed by atoms with Crippen molar-refractivity contribution in [1.82, 2.24) is 5.32 Å². The van der Waals surface area contributed by atoms with E-state index in [4.69, 9.17) is 6.42 Å². The molecule has 86 valence electrons. The number of amides is 1. The van der Waals surface area contributed by atoms with E-state index in [1.54, 1.807) is 0 Å². The van der Waals surface area contributed by atoms with Crippen molar-refractivity contribution in [3.05, 3.63) is 0 Å². The summed E-state index contributed by atoms with van der Waals surface area (Å²) in [5.41, 5.74) is 0. The van der Waals surface area contributed by atoms with Crippen LogP contribution in [0.2, 0.25) is 0 Å². The number of carbonyl (C=O) groups is 1. The number of hydrogen-bond donors (Lipinski definition) is 1. The SMILES string of the molecule is C#CCCCNC(=O)CCCCCCC. The average molecular weight is 209 g/mol. The number of rotatable bonds is 9. The van der Waals surface area contributed by atoms with Gasteiger partial charge >= 0.3 is 0 Å². The van der Waals surface area contributed by atoms with Gasteiger partial charge in [-0.2, -0.15) is 0 Å². The summed E-state index contributed by atoms with van der Waals surface area (Å²) in [6.07, 6.45) is 13.4. The summed E-state index contributed by atoms with van der Waals surface area (Å²) in [7, 11) is 0. The number of carbonyl (C=O) groups excluding carboxylic acids is 1. The lowest BCUT2D eigenvalue weighted by Gasteiger charge is -2.03. The molecule has 0 fully saturated rings. The number of hydrogen-bond acceptors (Lipinski definition) is 1. The summed E-state index contributed by atoms with van der Waals surface area (Å²) in [4.78, 5) is 11.3. The minimum Gasteiger partial charge on any atom is -0.356 e. The third-order valence-electron chi connectivity index (χ3n) is 2.33. The molecule has 0 rings (SSSR count). The Morgan fingerprint density at radius 1 is 1.20 bits per heavy atom. The second kappa shape index (κ2) is 11.1. The van der Waals surface area contributed by atoms with Crippen LogP contribution in [0.5, 0.6) is 0 Å². The zero-order chi connectivity index (χ0) is 11.4. The fourth-order valence-electron chi connectivity index (χ4n) is 1.40. The van der Waals surface area contributed by atoms with Gasteiger partial charge in [0.05, 0.1) is 0 Å². The van der Waals surface area contributed by atoms with Gasteiger partial charge in [-0.25, -0.2) is 0 Å². The molecule has 1 amide bonds. The van der Waals surface area contributed by atoms with Crippen molar-refractivity contribution in [2.75, 3.05) is 6.54 Å². The fraction of sp³-hybridized carbons (Fsp3) is 0.769. The van der Waals surface area contributed by atoms with Crippen LogP contribution in [0.15, 0.2) is 0 Å². The average Bonchev–Trinajstić information content (AvgIpc) is 2.24. The highest BCUT2D eigenvalue weighted by molar-refractivity contribution is 5.75. The molecule has 0 aliphatic carbocycles. The van der Waals surface area contributed by atoms with Gasteiger partial charge in [-0.1, -0.05) is 32.6 Å². The summed E-state index contributed by atoms with van der Waals surface area (Å²) in [6, 6.07) is 0. The first-order valence-corrected chi connectivity index (χ1v) is 6.01. The van der Waals surface area contributed by atoms with Gasteiger partial charge in [0.25, 0.3) is 0 Å². The first-order valence-electron chi connectivity index (χ1n) is 6.01. The first-order chi connectivity index (χ1) is 7.31. The molecule has 0 aliphatic heterocycles. The van der Waals surface area contributed by atoms with E-state index in [-0.39, 0.29) is 5.91 Å². The van der Waals surface area contributed by atoms with E-state index in [1.165, 1.54) is 25.7 Å². The molecule has 0 spiro atoms. The van der Waals surface area contributed by atoms with Gasteiger partial charge in [-0.3, -0.25) is 4.79 Å². The highest BCUT2D eigenvalue weighted by Crippen LogP contribution is 2.04. The lowest BCUT2D eigenvalue weighted by molar-refractivity contribution is -0.121. The Labute approximate surface area is 93.8 Å². The van der Waals surface area contributed by atoms with Crippen LogP contribution in [0.4, 0.5) is 0 Å². The van der Waals surface area contributed by atoms with Crippen molar-refractivity contribution in [1.29, 1.82) is 0 Å². The molecule has 2 nitrogen and oxygen atoms in total. The zero-order valence-electron chi connectivity index (χ0n) is 9.85. The van der Waals surface area contributed by atoms with E-state index < -0.39 is 0 Å². The van der Waals surface area contributed by atoms with Crippen molar-refractivity contribution in [3.8, 4) is 12.3 Å². The van der Waals surface area contributed by atoms with Gasteiger partial charge in [-0.15, -0.1) is 12.3 Å². The Morgan fingerprint density at radius 3 is 2.60 bits per heavy atom. The van der Waals surface area contributed by atoms with Crippen molar-refractivity contribution < 1.29 is 4.79 Å². The van der Waals surface area contributed by atoms with E-state index in [9.17, 15) is 4.79 Å². The standard InChI is InChI=1S/C13H23NO/c1-3-5-7-8-9-11-13(15)14-12-10-6-4-2/h2H,3,5-12H2,1H3,(H,14,15). The normalized spacial score (nSPS) is 9.60. The van der Waals surface area contributed by atoms with Crippen LogP contribution in [0.25, 0.3) is 0 Å². The molecule has 0 radical (unpaired) electrons. The molecule has 0 aromatic heterocycles. The summed E-state index contributed by atoms with van der Waals surface area (Å²) < 4.78 is 0. The van der Waals surface area contributed by atoms with Crippen LogP contribution in [-0.4, -0.2) is 12.5 Å². The van der Waals surface area contributed by atoms with Gasteiger partial charge < -0.3 is 5.32 Å².